The first-order chi connectivity index (χ1) is 10.5. The largest absolute Gasteiger partial charge is 0.469 e. The van der Waals surface area contributed by atoms with Crippen molar-refractivity contribution in [2.24, 2.45) is 5.92 Å². The number of hydrogen-bond donors (Lipinski definition) is 1. The third-order valence-corrected chi connectivity index (χ3v) is 3.59. The van der Waals surface area contributed by atoms with Crippen molar-refractivity contribution in [2.45, 2.75) is 6.42 Å². The number of hydrogen-bond acceptors (Lipinski definition) is 6. The quantitative estimate of drug-likeness (QED) is 0.827. The molecule has 2 N–H and O–H groups in total. The summed E-state index contributed by atoms with van der Waals surface area (Å²) in [5.74, 6) is -1.84. The van der Waals surface area contributed by atoms with Gasteiger partial charge in [-0.1, -0.05) is 6.07 Å². The average Bonchev–Trinajstić information content (AvgIpc) is 2.88. The number of halogens is 1. The first kappa shape index (κ1) is 14.2. The number of carbonyl (C=O) groups excluding carboxylic acids is 2. The molecule has 1 aromatic heterocycles. The van der Waals surface area contributed by atoms with Crippen LogP contribution in [0.4, 0.5) is 16.2 Å². The minimum Gasteiger partial charge on any atom is -0.469 e. The minimum absolute atomic E-state index is 0.0249. The summed E-state index contributed by atoms with van der Waals surface area (Å²) in [6, 6.07) is 4.34. The highest BCUT2D eigenvalue weighted by molar-refractivity contribution is 5.99. The number of nitrogens with zero attached hydrogens (tertiary/aromatic N) is 3. The number of nitrogen functional groups attached to an aromatic ring is 1. The molecule has 1 unspecified atom stereocenters. The Labute approximate surface area is 124 Å². The van der Waals surface area contributed by atoms with Gasteiger partial charge in [-0.25, -0.2) is 9.37 Å². The van der Waals surface area contributed by atoms with Crippen LogP contribution in [0.1, 0.15) is 6.42 Å². The Hall–Kier alpha value is -2.77. The zero-order valence-electron chi connectivity index (χ0n) is 11.7. The Morgan fingerprint density at radius 1 is 1.45 bits per heavy atom. The molecule has 1 atom stereocenters. The van der Waals surface area contributed by atoms with Gasteiger partial charge < -0.3 is 10.5 Å². The lowest BCUT2D eigenvalue weighted by Gasteiger charge is -2.15. The zero-order chi connectivity index (χ0) is 15.9. The molecule has 0 bridgehead atoms. The van der Waals surface area contributed by atoms with Gasteiger partial charge in [-0.2, -0.15) is 4.98 Å². The molecule has 0 spiro atoms. The number of esters is 1. The molecule has 1 saturated heterocycles. The van der Waals surface area contributed by atoms with Gasteiger partial charge in [0.2, 0.25) is 11.9 Å². The first-order valence-corrected chi connectivity index (χ1v) is 6.61. The molecule has 1 amide bonds. The highest BCUT2D eigenvalue weighted by atomic mass is 19.1. The fraction of sp³-hybridized carbons (Fsp3) is 0.286. The molecule has 1 aliphatic heterocycles. The first-order valence-electron chi connectivity index (χ1n) is 6.61. The lowest BCUT2D eigenvalue weighted by molar-refractivity contribution is -0.145. The summed E-state index contributed by atoms with van der Waals surface area (Å²) in [6.45, 7) is 0.117. The average molecular weight is 304 g/mol. The summed E-state index contributed by atoms with van der Waals surface area (Å²) in [5, 5.41) is 0.113. The van der Waals surface area contributed by atoms with Crippen molar-refractivity contribution in [3.8, 4) is 0 Å². The van der Waals surface area contributed by atoms with Gasteiger partial charge in [-0.05, 0) is 12.1 Å². The second kappa shape index (κ2) is 5.21. The van der Waals surface area contributed by atoms with Gasteiger partial charge in [0.05, 0.1) is 23.9 Å². The maximum Gasteiger partial charge on any atom is 0.311 e. The molecule has 2 heterocycles. The topological polar surface area (TPSA) is 98.4 Å². The Morgan fingerprint density at radius 3 is 2.95 bits per heavy atom. The van der Waals surface area contributed by atoms with Gasteiger partial charge in [-0.15, -0.1) is 0 Å². The molecule has 3 rings (SSSR count). The molecule has 0 radical (unpaired) electrons. The Bertz CT molecular complexity index is 780. The molecular weight excluding hydrogens is 291 g/mol. The number of methoxy groups -OCH3 is 1. The minimum atomic E-state index is -0.564. The highest BCUT2D eigenvalue weighted by Crippen LogP contribution is 2.28. The fourth-order valence-electron chi connectivity index (χ4n) is 2.50. The molecule has 0 saturated carbocycles. The van der Waals surface area contributed by atoms with Crippen molar-refractivity contribution < 1.29 is 18.7 Å². The van der Waals surface area contributed by atoms with Gasteiger partial charge in [0.15, 0.2) is 0 Å². The van der Waals surface area contributed by atoms with Crippen LogP contribution >= 0.6 is 0 Å². The number of nitrogens with two attached hydrogens (primary N) is 1. The number of amides is 1. The van der Waals surface area contributed by atoms with Crippen molar-refractivity contribution >= 4 is 34.5 Å². The molecule has 2 aromatic rings. The molecule has 1 aromatic carbocycles. The van der Waals surface area contributed by atoms with Crippen LogP contribution in [0.3, 0.4) is 0 Å². The molecule has 1 fully saturated rings. The fourth-order valence-corrected chi connectivity index (χ4v) is 2.50. The number of anilines is 2. The molecular formula is C14H13FN4O3. The summed E-state index contributed by atoms with van der Waals surface area (Å²) in [6.07, 6.45) is 0.0249. The van der Waals surface area contributed by atoms with Gasteiger partial charge in [-0.3, -0.25) is 14.5 Å². The summed E-state index contributed by atoms with van der Waals surface area (Å²) < 4.78 is 18.4. The summed E-state index contributed by atoms with van der Waals surface area (Å²) in [4.78, 5) is 33.0. The lowest BCUT2D eigenvalue weighted by atomic mass is 10.1. The van der Waals surface area contributed by atoms with Crippen molar-refractivity contribution in [2.75, 3.05) is 24.3 Å². The maximum atomic E-state index is 13.7. The van der Waals surface area contributed by atoms with Gasteiger partial charge in [0.1, 0.15) is 11.6 Å². The number of fused-ring (bicyclic) bond motifs is 1. The van der Waals surface area contributed by atoms with Gasteiger partial charge >= 0.3 is 5.97 Å². The monoisotopic (exact) mass is 304 g/mol. The number of benzene rings is 1. The van der Waals surface area contributed by atoms with E-state index in [4.69, 9.17) is 5.73 Å². The van der Waals surface area contributed by atoms with Crippen LogP contribution < -0.4 is 10.6 Å². The van der Waals surface area contributed by atoms with Crippen LogP contribution in [0.5, 0.6) is 0 Å². The van der Waals surface area contributed by atoms with Crippen LogP contribution in [-0.4, -0.2) is 35.5 Å². The predicted molar refractivity (Wildman–Crippen MR) is 76.4 cm³/mol. The van der Waals surface area contributed by atoms with Crippen LogP contribution in [0.2, 0.25) is 0 Å². The van der Waals surface area contributed by atoms with Crippen molar-refractivity contribution in [3.63, 3.8) is 0 Å². The van der Waals surface area contributed by atoms with Crippen LogP contribution in [-0.2, 0) is 14.3 Å². The second-order valence-corrected chi connectivity index (χ2v) is 4.97. The van der Waals surface area contributed by atoms with Crippen molar-refractivity contribution in [1.29, 1.82) is 0 Å². The van der Waals surface area contributed by atoms with Crippen molar-refractivity contribution in [3.05, 3.63) is 24.0 Å². The lowest BCUT2D eigenvalue weighted by Crippen LogP contribution is -2.28. The third-order valence-electron chi connectivity index (χ3n) is 3.59. The normalized spacial score (nSPS) is 18.0. The van der Waals surface area contributed by atoms with E-state index in [2.05, 4.69) is 14.7 Å². The highest BCUT2D eigenvalue weighted by Gasteiger charge is 2.37. The number of aromatic nitrogens is 2. The van der Waals surface area contributed by atoms with Crippen LogP contribution in [0, 0.1) is 11.7 Å². The molecule has 7 nitrogen and oxygen atoms in total. The Morgan fingerprint density at radius 2 is 2.23 bits per heavy atom. The predicted octanol–water partition coefficient (Wildman–Crippen LogP) is 0.877. The van der Waals surface area contributed by atoms with E-state index in [1.54, 1.807) is 6.07 Å². The summed E-state index contributed by atoms with van der Waals surface area (Å²) in [7, 11) is 1.27. The Kier molecular flexibility index (Phi) is 3.36. The maximum absolute atomic E-state index is 13.7. The van der Waals surface area contributed by atoms with Gasteiger partial charge in [0, 0.05) is 13.0 Å². The van der Waals surface area contributed by atoms with E-state index < -0.39 is 17.7 Å². The SMILES string of the molecule is COC(=O)C1CC(=O)N(c2nc(N)c3c(F)cccc3n2)C1. The molecule has 114 valence electrons. The number of rotatable bonds is 2. The standard InChI is InChI=1S/C14H13FN4O3/c1-22-13(21)7-5-10(20)19(6-7)14-17-9-4-2-3-8(15)11(9)12(16)18-14/h2-4,7H,5-6H2,1H3,(H2,16,17,18). The van der Waals surface area contributed by atoms with E-state index >= 15 is 0 Å². The summed E-state index contributed by atoms with van der Waals surface area (Å²) in [5.41, 5.74) is 6.07. The molecule has 22 heavy (non-hydrogen) atoms. The van der Waals surface area contributed by atoms with E-state index in [9.17, 15) is 14.0 Å². The zero-order valence-corrected chi connectivity index (χ0v) is 11.7. The van der Waals surface area contributed by atoms with Crippen LogP contribution in [0.25, 0.3) is 10.9 Å². The molecule has 1 aliphatic rings. The number of ether oxygens (including phenoxy) is 1. The summed E-state index contributed by atoms with van der Waals surface area (Å²) >= 11 is 0. The Balaban J connectivity index is 2.01. The van der Waals surface area contributed by atoms with Crippen molar-refractivity contribution in [1.82, 2.24) is 9.97 Å². The van der Waals surface area contributed by atoms with Gasteiger partial charge in [0.25, 0.3) is 0 Å². The third kappa shape index (κ3) is 2.22. The smallest absolute Gasteiger partial charge is 0.311 e. The molecule has 0 aliphatic carbocycles. The number of carbonyl (C=O) groups is 2. The molecule has 8 heteroatoms. The van der Waals surface area contributed by atoms with E-state index in [0.29, 0.717) is 5.52 Å². The van der Waals surface area contributed by atoms with E-state index in [-0.39, 0.29) is 36.0 Å². The van der Waals surface area contributed by atoms with E-state index in [1.165, 1.54) is 24.1 Å². The second-order valence-electron chi connectivity index (χ2n) is 4.97. The van der Waals surface area contributed by atoms with E-state index in [0.717, 1.165) is 0 Å². The van der Waals surface area contributed by atoms with Crippen LogP contribution in [0.15, 0.2) is 18.2 Å². The van der Waals surface area contributed by atoms with E-state index in [1.807, 2.05) is 0 Å².